The molecule has 2 saturated heterocycles. The first kappa shape index (κ1) is 15.8. The molecule has 3 aliphatic heterocycles. The number of ether oxygens (including phenoxy) is 2. The average Bonchev–Trinajstić information content (AvgIpc) is 3.31. The van der Waals surface area contributed by atoms with E-state index in [9.17, 15) is 9.59 Å². The van der Waals surface area contributed by atoms with E-state index in [1.165, 1.54) is 0 Å². The van der Waals surface area contributed by atoms with Gasteiger partial charge in [0.2, 0.25) is 5.91 Å². The molecule has 0 aliphatic carbocycles. The van der Waals surface area contributed by atoms with Gasteiger partial charge >= 0.3 is 5.97 Å². The highest BCUT2D eigenvalue weighted by Crippen LogP contribution is 2.52. The highest BCUT2D eigenvalue weighted by atomic mass is 32.1. The van der Waals surface area contributed by atoms with Crippen molar-refractivity contribution >= 4 is 23.2 Å². The minimum absolute atomic E-state index is 0.00712. The molecular weight excluding hydrogens is 326 g/mol. The van der Waals surface area contributed by atoms with Crippen LogP contribution in [-0.4, -0.2) is 41.6 Å². The fourth-order valence-corrected chi connectivity index (χ4v) is 4.70. The van der Waals surface area contributed by atoms with E-state index in [0.717, 1.165) is 17.7 Å². The molecule has 4 rings (SSSR count). The molecule has 4 atom stereocenters. The second-order valence-electron chi connectivity index (χ2n) is 6.69. The molecule has 3 aliphatic rings. The first-order valence-electron chi connectivity index (χ1n) is 8.49. The van der Waals surface area contributed by atoms with Gasteiger partial charge in [-0.15, -0.1) is 11.3 Å². The minimum Gasteiger partial charge on any atom is -0.465 e. The Morgan fingerprint density at radius 2 is 2.42 bits per heavy atom. The Bertz CT molecular complexity index is 671. The van der Waals surface area contributed by atoms with Crippen LogP contribution in [0.2, 0.25) is 0 Å². The molecule has 0 saturated carbocycles. The number of carbonyl (C=O) groups is 2. The largest absolute Gasteiger partial charge is 0.465 e. The van der Waals surface area contributed by atoms with Gasteiger partial charge in [-0.3, -0.25) is 9.59 Å². The van der Waals surface area contributed by atoms with Crippen molar-refractivity contribution in [2.75, 3.05) is 13.2 Å². The van der Waals surface area contributed by atoms with Crippen molar-refractivity contribution in [2.45, 2.75) is 38.0 Å². The molecule has 1 spiro atoms. The van der Waals surface area contributed by atoms with E-state index < -0.39 is 17.4 Å². The van der Waals surface area contributed by atoms with Gasteiger partial charge in [-0.1, -0.05) is 31.6 Å². The minimum atomic E-state index is -0.645. The summed E-state index contributed by atoms with van der Waals surface area (Å²) in [6.07, 6.45) is 5.39. The van der Waals surface area contributed by atoms with E-state index in [2.05, 4.69) is 6.92 Å². The van der Waals surface area contributed by atoms with E-state index in [4.69, 9.17) is 9.47 Å². The lowest BCUT2D eigenvalue weighted by molar-refractivity contribution is -0.154. The van der Waals surface area contributed by atoms with Crippen molar-refractivity contribution in [3.63, 3.8) is 0 Å². The third-order valence-corrected chi connectivity index (χ3v) is 5.98. The monoisotopic (exact) mass is 347 g/mol. The van der Waals surface area contributed by atoms with Crippen molar-refractivity contribution in [1.29, 1.82) is 0 Å². The van der Waals surface area contributed by atoms with Crippen LogP contribution in [0.4, 0.5) is 0 Å². The number of carbonyl (C=O) groups excluding carboxylic acids is 2. The third kappa shape index (κ3) is 2.40. The predicted octanol–water partition coefficient (Wildman–Crippen LogP) is 2.37. The first-order chi connectivity index (χ1) is 11.6. The fraction of sp³-hybridized carbons (Fsp3) is 0.556. The molecule has 1 aromatic rings. The van der Waals surface area contributed by atoms with Crippen LogP contribution in [0.1, 0.15) is 24.6 Å². The zero-order valence-corrected chi connectivity index (χ0v) is 14.5. The molecular formula is C18H21NO4S. The van der Waals surface area contributed by atoms with Gasteiger partial charge in [-0.25, -0.2) is 0 Å². The molecule has 1 aromatic heterocycles. The number of thiophene rings is 1. The Hall–Kier alpha value is -1.66. The smallest absolute Gasteiger partial charge is 0.312 e. The summed E-state index contributed by atoms with van der Waals surface area (Å²) >= 11 is 1.63. The van der Waals surface area contributed by atoms with Gasteiger partial charge in [0.15, 0.2) is 0 Å². The Morgan fingerprint density at radius 1 is 1.54 bits per heavy atom. The number of rotatable bonds is 6. The maximum absolute atomic E-state index is 13.0. The number of fused-ring (bicyclic) bond motifs is 1. The van der Waals surface area contributed by atoms with Crippen LogP contribution in [0.15, 0.2) is 29.7 Å². The molecule has 2 fully saturated rings. The number of unbranched alkanes of at least 4 members (excludes halogenated alkanes) is 1. The van der Waals surface area contributed by atoms with Crippen LogP contribution in [-0.2, 0) is 25.6 Å². The van der Waals surface area contributed by atoms with Gasteiger partial charge in [-0.05, 0) is 17.9 Å². The standard InChI is InChI=1S/C18H21NO4S/c1-2-3-8-22-17(21)14-13-6-7-18(23-13)11-19(16(20)15(14)18)10-12-5-4-9-24-12/h4-7,9,13-15H,2-3,8,10-11H2,1H3/t13-,14-,15+,18+/m1/s1. The predicted molar refractivity (Wildman–Crippen MR) is 89.3 cm³/mol. The van der Waals surface area contributed by atoms with Crippen molar-refractivity contribution in [3.05, 3.63) is 34.5 Å². The molecule has 2 bridgehead atoms. The van der Waals surface area contributed by atoms with E-state index in [1.54, 1.807) is 11.3 Å². The summed E-state index contributed by atoms with van der Waals surface area (Å²) in [4.78, 5) is 28.4. The Balaban J connectivity index is 1.52. The third-order valence-electron chi connectivity index (χ3n) is 5.12. The lowest BCUT2D eigenvalue weighted by Crippen LogP contribution is -2.40. The van der Waals surface area contributed by atoms with Crippen LogP contribution < -0.4 is 0 Å². The van der Waals surface area contributed by atoms with Gasteiger partial charge in [0.1, 0.15) is 11.5 Å². The zero-order chi connectivity index (χ0) is 16.7. The van der Waals surface area contributed by atoms with Gasteiger partial charge in [0.05, 0.1) is 31.7 Å². The van der Waals surface area contributed by atoms with E-state index in [0.29, 0.717) is 19.7 Å². The average molecular weight is 347 g/mol. The summed E-state index contributed by atoms with van der Waals surface area (Å²) < 4.78 is 11.5. The molecule has 1 amide bonds. The van der Waals surface area contributed by atoms with E-state index in [1.807, 2.05) is 34.6 Å². The summed E-state index contributed by atoms with van der Waals surface area (Å²) in [5, 5.41) is 2.00. The number of hydrogen-bond donors (Lipinski definition) is 0. The number of likely N-dealkylation sites (tertiary alicyclic amines) is 1. The summed E-state index contributed by atoms with van der Waals surface area (Å²) in [6.45, 7) is 3.55. The highest BCUT2D eigenvalue weighted by molar-refractivity contribution is 7.09. The normalized spacial score (nSPS) is 33.3. The van der Waals surface area contributed by atoms with Crippen LogP contribution in [0, 0.1) is 11.8 Å². The molecule has 4 heterocycles. The van der Waals surface area contributed by atoms with Crippen LogP contribution in [0.5, 0.6) is 0 Å². The van der Waals surface area contributed by atoms with Crippen molar-refractivity contribution < 1.29 is 19.1 Å². The number of esters is 1. The topological polar surface area (TPSA) is 55.8 Å². The summed E-state index contributed by atoms with van der Waals surface area (Å²) in [5.74, 6) is -1.24. The van der Waals surface area contributed by atoms with Gasteiger partial charge in [-0.2, -0.15) is 0 Å². The fourth-order valence-electron chi connectivity index (χ4n) is 3.99. The van der Waals surface area contributed by atoms with Crippen molar-refractivity contribution in [1.82, 2.24) is 4.90 Å². The van der Waals surface area contributed by atoms with Gasteiger partial charge in [0.25, 0.3) is 0 Å². The molecule has 0 radical (unpaired) electrons. The number of amides is 1. The first-order valence-corrected chi connectivity index (χ1v) is 9.37. The second kappa shape index (κ2) is 6.01. The van der Waals surface area contributed by atoms with Crippen molar-refractivity contribution in [3.8, 4) is 0 Å². The summed E-state index contributed by atoms with van der Waals surface area (Å²) in [5.41, 5.74) is -0.645. The van der Waals surface area contributed by atoms with Crippen LogP contribution in [0.3, 0.4) is 0 Å². The number of hydrogen-bond acceptors (Lipinski definition) is 5. The van der Waals surface area contributed by atoms with E-state index >= 15 is 0 Å². The molecule has 24 heavy (non-hydrogen) atoms. The molecule has 128 valence electrons. The number of nitrogens with zero attached hydrogens (tertiary/aromatic N) is 1. The maximum atomic E-state index is 13.0. The molecule has 6 heteroatoms. The summed E-state index contributed by atoms with van der Waals surface area (Å²) in [7, 11) is 0. The second-order valence-corrected chi connectivity index (χ2v) is 7.73. The SMILES string of the molecule is CCCCOC(=O)[C@H]1[C@H]2C(=O)N(Cc3cccs3)C[C@@]23C=C[C@H]1O3. The lowest BCUT2D eigenvalue weighted by atomic mass is 9.77. The Morgan fingerprint density at radius 3 is 3.17 bits per heavy atom. The molecule has 0 aromatic carbocycles. The van der Waals surface area contributed by atoms with Crippen LogP contribution >= 0.6 is 11.3 Å². The summed E-state index contributed by atoms with van der Waals surface area (Å²) in [6, 6.07) is 4.00. The Kier molecular flexibility index (Phi) is 3.96. The molecule has 0 N–H and O–H groups in total. The maximum Gasteiger partial charge on any atom is 0.312 e. The zero-order valence-electron chi connectivity index (χ0n) is 13.6. The molecule has 5 nitrogen and oxygen atoms in total. The quantitative estimate of drug-likeness (QED) is 0.450. The van der Waals surface area contributed by atoms with Gasteiger partial charge < -0.3 is 14.4 Å². The van der Waals surface area contributed by atoms with Crippen molar-refractivity contribution in [2.24, 2.45) is 11.8 Å². The highest BCUT2D eigenvalue weighted by Gasteiger charge is 2.67. The molecule has 0 unspecified atom stereocenters. The Labute approximate surface area is 145 Å². The van der Waals surface area contributed by atoms with Gasteiger partial charge in [0, 0.05) is 4.88 Å². The lowest BCUT2D eigenvalue weighted by Gasteiger charge is -2.22. The van der Waals surface area contributed by atoms with E-state index in [-0.39, 0.29) is 18.0 Å². The van der Waals surface area contributed by atoms with Crippen LogP contribution in [0.25, 0.3) is 0 Å².